The Balaban J connectivity index is 4.47. The first kappa shape index (κ1) is 7.42. The van der Waals surface area contributed by atoms with Gasteiger partial charge in [-0.3, -0.25) is 0 Å². The second kappa shape index (κ2) is 3.43. The summed E-state index contributed by atoms with van der Waals surface area (Å²) in [7, 11) is 0. The molecular weight excluding hydrogens is 140 g/mol. The fourth-order valence-electron chi connectivity index (χ4n) is 0.125. The summed E-state index contributed by atoms with van der Waals surface area (Å²) >= 11 is 7.34. The van der Waals surface area contributed by atoms with Crippen molar-refractivity contribution in [1.29, 1.82) is 0 Å². The smallest absolute Gasteiger partial charge is 0.152 e. The Morgan fingerprint density at radius 2 is 1.50 bits per heavy atom. The molecule has 0 aromatic rings. The summed E-state index contributed by atoms with van der Waals surface area (Å²) in [5, 5.41) is 0. The Kier molecular flexibility index (Phi) is 3.18. The van der Waals surface area contributed by atoms with Crippen molar-refractivity contribution in [3.05, 3.63) is 32.9 Å². The molecule has 0 N–H and O–H groups in total. The lowest BCUT2D eigenvalue weighted by Gasteiger charge is -1.73. The summed E-state index contributed by atoms with van der Waals surface area (Å²) < 4.78 is 0.176. The second-order valence-corrected chi connectivity index (χ2v) is 2.12. The number of hydrogen-bond donors (Lipinski definition) is 2. The molecule has 0 aliphatic rings. The Morgan fingerprint density at radius 1 is 1.12 bits per heavy atom. The molecule has 0 aliphatic heterocycles. The van der Waals surface area contributed by atoms with E-state index in [1.807, 2.05) is 0 Å². The lowest BCUT2D eigenvalue weighted by atomic mass is 10.8. The fourth-order valence-corrected chi connectivity index (χ4v) is 0.325. The van der Waals surface area contributed by atoms with Crippen LogP contribution in [0, 0.1) is 13.1 Å². The number of rotatable bonds is 0. The van der Waals surface area contributed by atoms with Gasteiger partial charge in [0.1, 0.15) is 17.4 Å². The van der Waals surface area contributed by atoms with Crippen molar-refractivity contribution in [1.82, 2.24) is 0 Å². The third-order valence-corrected chi connectivity index (χ3v) is 0.812. The highest BCUT2D eigenvalue weighted by Crippen LogP contribution is 2.14. The Bertz CT molecular complexity index is 173. The van der Waals surface area contributed by atoms with Gasteiger partial charge in [0.05, 0.1) is 0 Å². The molecule has 0 amide bonds. The monoisotopic (exact) mass is 142 g/mol. The molecule has 0 spiro atoms. The number of thiol groups is 2. The zero-order valence-electron chi connectivity index (χ0n) is 3.79. The van der Waals surface area contributed by atoms with E-state index in [9.17, 15) is 0 Å². The normalized spacial score (nSPS) is 6.50. The maximum atomic E-state index is 6.35. The highest BCUT2D eigenvalue weighted by atomic mass is 32.2. The van der Waals surface area contributed by atoms with Crippen LogP contribution in [-0.4, -0.2) is 0 Å². The average Bonchev–Trinajstić information content (AvgIpc) is 1.69. The molecule has 0 bridgehead atoms. The first-order valence-electron chi connectivity index (χ1n) is 1.59. The average molecular weight is 142 g/mol. The van der Waals surface area contributed by atoms with Gasteiger partial charge in [0, 0.05) is 0 Å². The van der Waals surface area contributed by atoms with Crippen LogP contribution >= 0.6 is 25.3 Å². The molecule has 0 unspecified atom stereocenters. The van der Waals surface area contributed by atoms with Crippen LogP contribution in [0.4, 0.5) is 0 Å². The maximum absolute atomic E-state index is 6.35. The van der Waals surface area contributed by atoms with Gasteiger partial charge in [-0.15, -0.1) is 25.3 Å². The van der Waals surface area contributed by atoms with E-state index < -0.39 is 0 Å². The van der Waals surface area contributed by atoms with Gasteiger partial charge < -0.3 is 0 Å². The lowest BCUT2D eigenvalue weighted by Crippen LogP contribution is -1.60. The summed E-state index contributed by atoms with van der Waals surface area (Å²) in [5.74, 6) is -0.0864. The van der Waals surface area contributed by atoms with Crippen molar-refractivity contribution < 1.29 is 0 Å². The van der Waals surface area contributed by atoms with E-state index in [0.717, 1.165) is 0 Å². The highest BCUT2D eigenvalue weighted by Gasteiger charge is 2.04. The first-order valence-corrected chi connectivity index (χ1v) is 2.49. The van der Waals surface area contributed by atoms with Crippen molar-refractivity contribution in [3.8, 4) is 0 Å². The predicted octanol–water partition coefficient (Wildman–Crippen LogP) is 1.81. The van der Waals surface area contributed by atoms with Crippen molar-refractivity contribution >= 4 is 25.3 Å². The topological polar surface area (TPSA) is 8.72 Å². The molecule has 0 rings (SSSR count). The summed E-state index contributed by atoms with van der Waals surface area (Å²) in [6.45, 7) is 12.7. The summed E-state index contributed by atoms with van der Waals surface area (Å²) in [6.07, 6.45) is 0. The molecule has 0 aromatic heterocycles. The van der Waals surface area contributed by atoms with Crippen LogP contribution in [0.2, 0.25) is 0 Å². The van der Waals surface area contributed by atoms with Gasteiger partial charge in [0.15, 0.2) is 0 Å². The van der Waals surface area contributed by atoms with Gasteiger partial charge >= 0.3 is 5.82 Å². The number of hydrogen-bond acceptors (Lipinski definition) is 2. The quantitative estimate of drug-likeness (QED) is 0.377. The van der Waals surface area contributed by atoms with Crippen LogP contribution in [0.15, 0.2) is 10.1 Å². The SMILES string of the molecule is [C-]#[N+]C([N+]#[C-])=C(S)S. The van der Waals surface area contributed by atoms with E-state index in [-0.39, 0.29) is 10.1 Å². The Morgan fingerprint density at radius 3 is 1.50 bits per heavy atom. The molecule has 0 saturated carbocycles. The van der Waals surface area contributed by atoms with Crippen molar-refractivity contribution in [3.63, 3.8) is 0 Å². The molecule has 2 nitrogen and oxygen atoms in total. The van der Waals surface area contributed by atoms with E-state index in [1.54, 1.807) is 0 Å². The minimum Gasteiger partial charge on any atom is -0.152 e. The van der Waals surface area contributed by atoms with Crippen molar-refractivity contribution in [2.75, 3.05) is 0 Å². The van der Waals surface area contributed by atoms with Gasteiger partial charge in [-0.2, -0.15) is 9.69 Å². The molecule has 0 aromatic carbocycles. The highest BCUT2D eigenvalue weighted by molar-refractivity contribution is 8.05. The third kappa shape index (κ3) is 1.92. The zero-order chi connectivity index (χ0) is 6.57. The molecule has 0 fully saturated rings. The standard InChI is InChI=1S/C4H2N2S2/c1-5-3(6-2)4(7)8/h7-8H. The largest absolute Gasteiger partial charge is 0.539 e. The predicted molar refractivity (Wildman–Crippen MR) is 38.2 cm³/mol. The summed E-state index contributed by atoms with van der Waals surface area (Å²) in [5.41, 5.74) is 0. The van der Waals surface area contributed by atoms with Gasteiger partial charge in [-0.25, -0.2) is 0 Å². The number of nitrogens with zero attached hydrogens (tertiary/aromatic N) is 2. The second-order valence-electron chi connectivity index (χ2n) is 0.871. The van der Waals surface area contributed by atoms with Crippen molar-refractivity contribution in [2.24, 2.45) is 0 Å². The maximum Gasteiger partial charge on any atom is 0.539 e. The molecule has 40 valence electrons. The minimum atomic E-state index is -0.0864. The summed E-state index contributed by atoms with van der Waals surface area (Å²) in [6, 6.07) is 0. The van der Waals surface area contributed by atoms with Crippen LogP contribution in [-0.2, 0) is 0 Å². The van der Waals surface area contributed by atoms with Crippen LogP contribution in [0.1, 0.15) is 0 Å². The Hall–Kier alpha value is -0.580. The van der Waals surface area contributed by atoms with E-state index >= 15 is 0 Å². The molecular formula is C4H2N2S2. The molecule has 0 atom stereocenters. The van der Waals surface area contributed by atoms with Gasteiger partial charge in [0.2, 0.25) is 0 Å². The van der Waals surface area contributed by atoms with Crippen LogP contribution in [0.3, 0.4) is 0 Å². The minimum absolute atomic E-state index is 0.0864. The molecule has 8 heavy (non-hydrogen) atoms. The lowest BCUT2D eigenvalue weighted by molar-refractivity contribution is 1.74. The molecule has 0 aliphatic carbocycles. The van der Waals surface area contributed by atoms with E-state index in [4.69, 9.17) is 13.1 Å². The van der Waals surface area contributed by atoms with Gasteiger partial charge in [0.25, 0.3) is 0 Å². The fraction of sp³-hybridized carbons (Fsp3) is 0. The van der Waals surface area contributed by atoms with Crippen LogP contribution in [0.5, 0.6) is 0 Å². The zero-order valence-corrected chi connectivity index (χ0v) is 5.58. The van der Waals surface area contributed by atoms with E-state index in [1.165, 1.54) is 0 Å². The van der Waals surface area contributed by atoms with Gasteiger partial charge in [-0.05, 0) is 0 Å². The Labute approximate surface area is 58.7 Å². The molecule has 0 heterocycles. The van der Waals surface area contributed by atoms with E-state index in [0.29, 0.717) is 0 Å². The van der Waals surface area contributed by atoms with Crippen molar-refractivity contribution in [2.45, 2.75) is 0 Å². The third-order valence-electron chi connectivity index (χ3n) is 0.412. The summed E-state index contributed by atoms with van der Waals surface area (Å²) in [4.78, 5) is 5.66. The first-order chi connectivity index (χ1) is 3.72. The molecule has 4 heteroatoms. The van der Waals surface area contributed by atoms with Crippen LogP contribution in [0.25, 0.3) is 9.69 Å². The van der Waals surface area contributed by atoms with Gasteiger partial charge in [-0.1, -0.05) is 0 Å². The molecule has 0 saturated heterocycles. The van der Waals surface area contributed by atoms with Crippen LogP contribution < -0.4 is 0 Å². The molecule has 0 radical (unpaired) electrons. The van der Waals surface area contributed by atoms with E-state index in [2.05, 4.69) is 34.9 Å².